The standard InChI is InChI=1S/C12H15N2O/c13-12(15)8-14-11-7-3-5-9-4-1-2-6-10(9)11/h1-2,4,6,11,13-14H,3,5,7-8H2. The van der Waals surface area contributed by atoms with Crippen LogP contribution in [0, 0.1) is 0 Å². The van der Waals surface area contributed by atoms with Crippen LogP contribution in [0.4, 0.5) is 0 Å². The Labute approximate surface area is 89.7 Å². The van der Waals surface area contributed by atoms with Gasteiger partial charge in [0.1, 0.15) is 0 Å². The highest BCUT2D eigenvalue weighted by atomic mass is 16.1. The summed E-state index contributed by atoms with van der Waals surface area (Å²) in [6.45, 7) is 0.152. The molecule has 0 aromatic heterocycles. The van der Waals surface area contributed by atoms with E-state index < -0.39 is 5.91 Å². The Hall–Kier alpha value is -1.35. The molecular formula is C12H15N2O. The Balaban J connectivity index is 2.11. The maximum atomic E-state index is 10.6. The first kappa shape index (κ1) is 10.2. The molecule has 0 aliphatic heterocycles. The fraction of sp³-hybridized carbons (Fsp3) is 0.417. The second-order valence-electron chi connectivity index (χ2n) is 3.95. The SMILES string of the molecule is [NH]C(=O)CNC1CCCc2ccccc21. The Morgan fingerprint density at radius 1 is 1.47 bits per heavy atom. The van der Waals surface area contributed by atoms with E-state index in [0.29, 0.717) is 0 Å². The molecule has 3 heteroatoms. The van der Waals surface area contributed by atoms with Crippen molar-refractivity contribution in [2.75, 3.05) is 6.54 Å². The number of hydrogen-bond donors (Lipinski definition) is 1. The highest BCUT2D eigenvalue weighted by Gasteiger charge is 2.19. The van der Waals surface area contributed by atoms with Crippen molar-refractivity contribution in [3.63, 3.8) is 0 Å². The number of hydrogen-bond acceptors (Lipinski definition) is 2. The van der Waals surface area contributed by atoms with Gasteiger partial charge in [-0.3, -0.25) is 10.5 Å². The van der Waals surface area contributed by atoms with Gasteiger partial charge in [-0.25, -0.2) is 0 Å². The second kappa shape index (κ2) is 4.45. The third kappa shape index (κ3) is 2.36. The summed E-state index contributed by atoms with van der Waals surface area (Å²) in [5, 5.41) is 3.14. The van der Waals surface area contributed by atoms with Crippen LogP contribution in [-0.4, -0.2) is 12.5 Å². The lowest BCUT2D eigenvalue weighted by molar-refractivity contribution is -0.117. The number of aryl methyl sites for hydroxylation is 1. The third-order valence-electron chi connectivity index (χ3n) is 2.88. The zero-order valence-electron chi connectivity index (χ0n) is 8.62. The average Bonchev–Trinajstić information content (AvgIpc) is 2.26. The number of carbonyl (C=O) groups is 1. The Morgan fingerprint density at radius 2 is 2.27 bits per heavy atom. The van der Waals surface area contributed by atoms with Crippen LogP contribution in [0.5, 0.6) is 0 Å². The first-order valence-electron chi connectivity index (χ1n) is 5.33. The van der Waals surface area contributed by atoms with Crippen molar-refractivity contribution in [2.24, 2.45) is 0 Å². The van der Waals surface area contributed by atoms with Gasteiger partial charge in [0.05, 0.1) is 6.54 Å². The molecule has 2 N–H and O–H groups in total. The maximum Gasteiger partial charge on any atom is 0.252 e. The highest BCUT2D eigenvalue weighted by molar-refractivity contribution is 5.75. The van der Waals surface area contributed by atoms with Gasteiger partial charge in [0, 0.05) is 6.04 Å². The fourth-order valence-corrected chi connectivity index (χ4v) is 2.18. The van der Waals surface area contributed by atoms with Crippen molar-refractivity contribution in [3.8, 4) is 0 Å². The predicted molar refractivity (Wildman–Crippen MR) is 58.2 cm³/mol. The van der Waals surface area contributed by atoms with E-state index in [9.17, 15) is 4.79 Å². The number of amides is 1. The lowest BCUT2D eigenvalue weighted by Crippen LogP contribution is -2.30. The summed E-state index contributed by atoms with van der Waals surface area (Å²) < 4.78 is 0. The van der Waals surface area contributed by atoms with Crippen molar-refractivity contribution in [3.05, 3.63) is 35.4 Å². The van der Waals surface area contributed by atoms with Gasteiger partial charge >= 0.3 is 0 Å². The third-order valence-corrected chi connectivity index (χ3v) is 2.88. The van der Waals surface area contributed by atoms with Crippen molar-refractivity contribution >= 4 is 5.91 Å². The molecule has 0 saturated heterocycles. The second-order valence-corrected chi connectivity index (χ2v) is 3.95. The first-order valence-corrected chi connectivity index (χ1v) is 5.33. The molecule has 1 aliphatic carbocycles. The minimum Gasteiger partial charge on any atom is -0.301 e. The van der Waals surface area contributed by atoms with E-state index in [0.717, 1.165) is 19.3 Å². The Kier molecular flexibility index (Phi) is 3.02. The number of carbonyl (C=O) groups excluding carboxylic acids is 1. The average molecular weight is 203 g/mol. The van der Waals surface area contributed by atoms with Crippen LogP contribution in [0.25, 0.3) is 0 Å². The van der Waals surface area contributed by atoms with Crippen LogP contribution in [0.3, 0.4) is 0 Å². The minimum absolute atomic E-state index is 0.152. The summed E-state index contributed by atoms with van der Waals surface area (Å²) in [5.74, 6) is -0.543. The molecule has 1 unspecified atom stereocenters. The van der Waals surface area contributed by atoms with Gasteiger partial charge in [0.15, 0.2) is 0 Å². The number of fused-ring (bicyclic) bond motifs is 1. The molecule has 1 aromatic carbocycles. The smallest absolute Gasteiger partial charge is 0.252 e. The van der Waals surface area contributed by atoms with Gasteiger partial charge < -0.3 is 5.32 Å². The molecule has 0 fully saturated rings. The lowest BCUT2D eigenvalue weighted by Gasteiger charge is -2.25. The van der Waals surface area contributed by atoms with E-state index >= 15 is 0 Å². The molecule has 1 atom stereocenters. The zero-order chi connectivity index (χ0) is 10.7. The minimum atomic E-state index is -0.543. The molecule has 79 valence electrons. The van der Waals surface area contributed by atoms with E-state index in [4.69, 9.17) is 5.73 Å². The molecule has 0 saturated carbocycles. The van der Waals surface area contributed by atoms with E-state index in [2.05, 4.69) is 23.5 Å². The fourth-order valence-electron chi connectivity index (χ4n) is 2.18. The van der Waals surface area contributed by atoms with Crippen molar-refractivity contribution in [2.45, 2.75) is 25.3 Å². The Morgan fingerprint density at radius 3 is 3.07 bits per heavy atom. The summed E-state index contributed by atoms with van der Waals surface area (Å²) in [6, 6.07) is 8.59. The normalized spacial score (nSPS) is 19.6. The zero-order valence-corrected chi connectivity index (χ0v) is 8.62. The summed E-state index contributed by atoms with van der Waals surface area (Å²) in [5.41, 5.74) is 9.55. The van der Waals surface area contributed by atoms with Crippen molar-refractivity contribution in [1.82, 2.24) is 11.1 Å². The van der Waals surface area contributed by atoms with Crippen LogP contribution >= 0.6 is 0 Å². The number of benzene rings is 1. The molecule has 3 nitrogen and oxygen atoms in total. The largest absolute Gasteiger partial charge is 0.301 e. The first-order chi connectivity index (χ1) is 7.27. The molecule has 1 amide bonds. The molecule has 0 spiro atoms. The molecule has 1 radical (unpaired) electrons. The van der Waals surface area contributed by atoms with Crippen LogP contribution in [-0.2, 0) is 11.2 Å². The van der Waals surface area contributed by atoms with Crippen molar-refractivity contribution < 1.29 is 4.79 Å². The maximum absolute atomic E-state index is 10.6. The molecular weight excluding hydrogens is 188 g/mol. The van der Waals surface area contributed by atoms with Gasteiger partial charge in [-0.1, -0.05) is 24.3 Å². The van der Waals surface area contributed by atoms with Gasteiger partial charge in [-0.2, -0.15) is 0 Å². The lowest BCUT2D eigenvalue weighted by atomic mass is 9.88. The van der Waals surface area contributed by atoms with Gasteiger partial charge in [0.2, 0.25) is 0 Å². The number of rotatable bonds is 3. The van der Waals surface area contributed by atoms with Crippen LogP contribution in [0.15, 0.2) is 24.3 Å². The highest BCUT2D eigenvalue weighted by Crippen LogP contribution is 2.28. The summed E-state index contributed by atoms with van der Waals surface area (Å²) in [6.07, 6.45) is 3.34. The molecule has 0 heterocycles. The molecule has 15 heavy (non-hydrogen) atoms. The van der Waals surface area contributed by atoms with Crippen molar-refractivity contribution in [1.29, 1.82) is 0 Å². The van der Waals surface area contributed by atoms with Crippen LogP contribution < -0.4 is 11.1 Å². The summed E-state index contributed by atoms with van der Waals surface area (Å²) in [7, 11) is 0. The quantitative estimate of drug-likeness (QED) is 0.808. The van der Waals surface area contributed by atoms with Gasteiger partial charge in [-0.05, 0) is 30.4 Å². The summed E-state index contributed by atoms with van der Waals surface area (Å²) >= 11 is 0. The summed E-state index contributed by atoms with van der Waals surface area (Å²) in [4.78, 5) is 10.6. The van der Waals surface area contributed by atoms with Crippen LogP contribution in [0.2, 0.25) is 0 Å². The number of nitrogens with one attached hydrogen (secondary N) is 2. The van der Waals surface area contributed by atoms with E-state index in [1.54, 1.807) is 0 Å². The predicted octanol–water partition coefficient (Wildman–Crippen LogP) is 1.46. The van der Waals surface area contributed by atoms with Gasteiger partial charge in [-0.15, -0.1) is 0 Å². The van der Waals surface area contributed by atoms with E-state index in [-0.39, 0.29) is 12.6 Å². The molecule has 2 rings (SSSR count). The van der Waals surface area contributed by atoms with Gasteiger partial charge in [0.25, 0.3) is 5.91 Å². The molecule has 0 bridgehead atoms. The Bertz CT molecular complexity index is 362. The topological polar surface area (TPSA) is 52.9 Å². The molecule has 1 aliphatic rings. The van der Waals surface area contributed by atoms with E-state index in [1.807, 2.05) is 6.07 Å². The monoisotopic (exact) mass is 203 g/mol. The molecule has 1 aromatic rings. The van der Waals surface area contributed by atoms with Crippen LogP contribution in [0.1, 0.15) is 30.0 Å². The van der Waals surface area contributed by atoms with E-state index in [1.165, 1.54) is 11.1 Å².